The van der Waals surface area contributed by atoms with Crippen LogP contribution < -0.4 is 10.6 Å². The lowest BCUT2D eigenvalue weighted by atomic mass is 10.2. The van der Waals surface area contributed by atoms with E-state index in [2.05, 4.69) is 10.6 Å². The van der Waals surface area contributed by atoms with Crippen molar-refractivity contribution < 1.29 is 4.79 Å². The summed E-state index contributed by atoms with van der Waals surface area (Å²) in [7, 11) is 0. The van der Waals surface area contributed by atoms with Gasteiger partial charge in [-0.1, -0.05) is 30.3 Å². The Morgan fingerprint density at radius 1 is 1.05 bits per heavy atom. The molecule has 0 aliphatic rings. The fourth-order valence-corrected chi connectivity index (χ4v) is 1.75. The maximum atomic E-state index is 11.7. The molecule has 0 saturated heterocycles. The number of amides is 1. The van der Waals surface area contributed by atoms with Gasteiger partial charge in [0.1, 0.15) is 0 Å². The van der Waals surface area contributed by atoms with E-state index in [1.165, 1.54) is 0 Å². The molecule has 0 fully saturated rings. The maximum Gasteiger partial charge on any atom is 0.238 e. The Kier molecular flexibility index (Phi) is 4.87. The highest BCUT2D eigenvalue weighted by atomic mass is 16.1. The summed E-state index contributed by atoms with van der Waals surface area (Å²) in [6.45, 7) is 0.899. The normalized spacial score (nSPS) is 9.75. The lowest BCUT2D eigenvalue weighted by Gasteiger charge is -2.07. The molecule has 2 aromatic rings. The number of rotatable bonds is 5. The molecule has 0 bridgehead atoms. The average Bonchev–Trinajstić information content (AvgIpc) is 2.49. The van der Waals surface area contributed by atoms with Crippen molar-refractivity contribution >= 4 is 11.6 Å². The molecule has 4 heteroatoms. The number of anilines is 1. The Labute approximate surface area is 118 Å². The van der Waals surface area contributed by atoms with Crippen molar-refractivity contribution in [2.75, 3.05) is 11.9 Å². The SMILES string of the molecule is N#Cc1ccc(NC(=O)CNCc2ccccc2)cc1. The van der Waals surface area contributed by atoms with Crippen molar-refractivity contribution in [3.05, 3.63) is 65.7 Å². The summed E-state index contributed by atoms with van der Waals surface area (Å²) in [6.07, 6.45) is 0. The average molecular weight is 265 g/mol. The largest absolute Gasteiger partial charge is 0.325 e. The Balaban J connectivity index is 1.76. The van der Waals surface area contributed by atoms with Crippen LogP contribution in [0, 0.1) is 11.3 Å². The Morgan fingerprint density at radius 3 is 2.40 bits per heavy atom. The minimum atomic E-state index is -0.106. The van der Waals surface area contributed by atoms with Crippen LogP contribution in [0.25, 0.3) is 0 Å². The van der Waals surface area contributed by atoms with Gasteiger partial charge in [0.15, 0.2) is 0 Å². The van der Waals surface area contributed by atoms with Crippen LogP contribution >= 0.6 is 0 Å². The van der Waals surface area contributed by atoms with Gasteiger partial charge in [-0.05, 0) is 29.8 Å². The second-order valence-corrected chi connectivity index (χ2v) is 4.33. The third-order valence-corrected chi connectivity index (χ3v) is 2.76. The molecule has 2 aromatic carbocycles. The first-order chi connectivity index (χ1) is 9.78. The molecule has 0 saturated carbocycles. The van der Waals surface area contributed by atoms with Gasteiger partial charge in [0.25, 0.3) is 0 Å². The quantitative estimate of drug-likeness (QED) is 0.871. The van der Waals surface area contributed by atoms with Crippen molar-refractivity contribution in [1.29, 1.82) is 5.26 Å². The van der Waals surface area contributed by atoms with Crippen LogP contribution in [0.15, 0.2) is 54.6 Å². The van der Waals surface area contributed by atoms with Crippen LogP contribution in [0.3, 0.4) is 0 Å². The molecule has 100 valence electrons. The lowest BCUT2D eigenvalue weighted by Crippen LogP contribution is -2.27. The van der Waals surface area contributed by atoms with E-state index in [0.29, 0.717) is 17.8 Å². The third kappa shape index (κ3) is 4.23. The predicted molar refractivity (Wildman–Crippen MR) is 77.9 cm³/mol. The fourth-order valence-electron chi connectivity index (χ4n) is 1.75. The number of benzene rings is 2. The second kappa shape index (κ2) is 7.07. The molecule has 2 N–H and O–H groups in total. The van der Waals surface area contributed by atoms with Crippen LogP contribution in [-0.2, 0) is 11.3 Å². The predicted octanol–water partition coefficient (Wildman–Crippen LogP) is 2.29. The van der Waals surface area contributed by atoms with E-state index >= 15 is 0 Å². The van der Waals surface area contributed by atoms with Gasteiger partial charge in [0, 0.05) is 12.2 Å². The van der Waals surface area contributed by atoms with Crippen molar-refractivity contribution in [2.24, 2.45) is 0 Å². The van der Waals surface area contributed by atoms with E-state index in [0.717, 1.165) is 5.56 Å². The zero-order chi connectivity index (χ0) is 14.2. The Hall–Kier alpha value is -2.64. The van der Waals surface area contributed by atoms with Gasteiger partial charge in [0.05, 0.1) is 18.2 Å². The minimum Gasteiger partial charge on any atom is -0.325 e. The number of nitrogens with one attached hydrogen (secondary N) is 2. The van der Waals surface area contributed by atoms with Crippen molar-refractivity contribution in [2.45, 2.75) is 6.54 Å². The molecule has 20 heavy (non-hydrogen) atoms. The van der Waals surface area contributed by atoms with Gasteiger partial charge in [0.2, 0.25) is 5.91 Å². The fraction of sp³-hybridized carbons (Fsp3) is 0.125. The van der Waals surface area contributed by atoms with Crippen LogP contribution in [0.5, 0.6) is 0 Å². The third-order valence-electron chi connectivity index (χ3n) is 2.76. The highest BCUT2D eigenvalue weighted by Gasteiger charge is 2.02. The topological polar surface area (TPSA) is 64.9 Å². The summed E-state index contributed by atoms with van der Waals surface area (Å²) in [6, 6.07) is 18.7. The van der Waals surface area contributed by atoms with Crippen LogP contribution in [0.4, 0.5) is 5.69 Å². The van der Waals surface area contributed by atoms with E-state index in [-0.39, 0.29) is 12.5 Å². The molecule has 0 heterocycles. The van der Waals surface area contributed by atoms with Crippen molar-refractivity contribution in [3.63, 3.8) is 0 Å². The molecule has 2 rings (SSSR count). The maximum absolute atomic E-state index is 11.7. The van der Waals surface area contributed by atoms with Crippen molar-refractivity contribution in [1.82, 2.24) is 5.32 Å². The Morgan fingerprint density at radius 2 is 1.75 bits per heavy atom. The molecule has 0 aliphatic heterocycles. The molecule has 0 aliphatic carbocycles. The summed E-state index contributed by atoms with van der Waals surface area (Å²) in [4.78, 5) is 11.7. The molecule has 1 amide bonds. The zero-order valence-corrected chi connectivity index (χ0v) is 11.0. The smallest absolute Gasteiger partial charge is 0.238 e. The summed E-state index contributed by atoms with van der Waals surface area (Å²) in [5.41, 5.74) is 2.40. The number of carbonyl (C=O) groups is 1. The van der Waals surface area contributed by atoms with E-state index in [1.807, 2.05) is 36.4 Å². The second-order valence-electron chi connectivity index (χ2n) is 4.33. The number of nitrogens with zero attached hydrogens (tertiary/aromatic N) is 1. The minimum absolute atomic E-state index is 0.106. The first-order valence-corrected chi connectivity index (χ1v) is 6.32. The summed E-state index contributed by atoms with van der Waals surface area (Å²) < 4.78 is 0. The van der Waals surface area contributed by atoms with Gasteiger partial charge >= 0.3 is 0 Å². The van der Waals surface area contributed by atoms with Crippen LogP contribution in [0.1, 0.15) is 11.1 Å². The van der Waals surface area contributed by atoms with Gasteiger partial charge < -0.3 is 10.6 Å². The first kappa shape index (κ1) is 13.8. The highest BCUT2D eigenvalue weighted by molar-refractivity contribution is 5.92. The summed E-state index contributed by atoms with van der Waals surface area (Å²) >= 11 is 0. The van der Waals surface area contributed by atoms with Gasteiger partial charge in [-0.3, -0.25) is 4.79 Å². The number of hydrogen-bond acceptors (Lipinski definition) is 3. The lowest BCUT2D eigenvalue weighted by molar-refractivity contribution is -0.115. The first-order valence-electron chi connectivity index (χ1n) is 6.32. The van der Waals surface area contributed by atoms with E-state index < -0.39 is 0 Å². The molecule has 0 atom stereocenters. The van der Waals surface area contributed by atoms with E-state index in [1.54, 1.807) is 24.3 Å². The standard InChI is InChI=1S/C16H15N3O/c17-10-13-6-8-15(9-7-13)19-16(20)12-18-11-14-4-2-1-3-5-14/h1-9,18H,11-12H2,(H,19,20). The summed E-state index contributed by atoms with van der Waals surface area (Å²) in [5, 5.41) is 14.5. The van der Waals surface area contributed by atoms with Gasteiger partial charge in [-0.15, -0.1) is 0 Å². The molecular formula is C16H15N3O. The number of nitriles is 1. The van der Waals surface area contributed by atoms with E-state index in [9.17, 15) is 4.79 Å². The monoisotopic (exact) mass is 265 g/mol. The number of carbonyl (C=O) groups excluding carboxylic acids is 1. The molecule has 0 radical (unpaired) electrons. The zero-order valence-electron chi connectivity index (χ0n) is 11.0. The number of hydrogen-bond donors (Lipinski definition) is 2. The molecule has 0 spiro atoms. The van der Waals surface area contributed by atoms with Crippen LogP contribution in [0.2, 0.25) is 0 Å². The molecule has 0 aromatic heterocycles. The van der Waals surface area contributed by atoms with Crippen LogP contribution in [-0.4, -0.2) is 12.5 Å². The van der Waals surface area contributed by atoms with Gasteiger partial charge in [-0.2, -0.15) is 5.26 Å². The highest BCUT2D eigenvalue weighted by Crippen LogP contribution is 2.08. The van der Waals surface area contributed by atoms with E-state index in [4.69, 9.17) is 5.26 Å². The van der Waals surface area contributed by atoms with Gasteiger partial charge in [-0.25, -0.2) is 0 Å². The molecule has 4 nitrogen and oxygen atoms in total. The van der Waals surface area contributed by atoms with Crippen molar-refractivity contribution in [3.8, 4) is 6.07 Å². The Bertz CT molecular complexity index is 600. The summed E-state index contributed by atoms with van der Waals surface area (Å²) in [5.74, 6) is -0.106. The molecular weight excluding hydrogens is 250 g/mol. The molecule has 0 unspecified atom stereocenters.